The minimum Gasteiger partial charge on any atom is -0.493 e. The number of aliphatic hydroxyl groups excluding tert-OH is 1. The topological polar surface area (TPSA) is 78.8 Å². The van der Waals surface area contributed by atoms with Crippen LogP contribution in [0.3, 0.4) is 0 Å². The van der Waals surface area contributed by atoms with Crippen LogP contribution in [0.5, 0.6) is 5.75 Å². The SMILES string of the molecule is O=C(O)C1Cc2cccc(OCC3CCCNC3)c2CC1O. The van der Waals surface area contributed by atoms with Crippen LogP contribution in [0.25, 0.3) is 0 Å². The van der Waals surface area contributed by atoms with E-state index in [2.05, 4.69) is 5.32 Å². The Morgan fingerprint density at radius 3 is 2.95 bits per heavy atom. The first kappa shape index (κ1) is 15.3. The van der Waals surface area contributed by atoms with E-state index < -0.39 is 18.0 Å². The second-order valence-corrected chi connectivity index (χ2v) is 6.34. The minimum atomic E-state index is -0.933. The average molecular weight is 305 g/mol. The van der Waals surface area contributed by atoms with Crippen molar-refractivity contribution in [2.45, 2.75) is 31.8 Å². The molecule has 0 radical (unpaired) electrons. The van der Waals surface area contributed by atoms with Crippen LogP contribution in [0.2, 0.25) is 0 Å². The van der Waals surface area contributed by atoms with Gasteiger partial charge in [0.2, 0.25) is 0 Å². The van der Waals surface area contributed by atoms with E-state index in [4.69, 9.17) is 4.74 Å². The van der Waals surface area contributed by atoms with Crippen molar-refractivity contribution in [1.29, 1.82) is 0 Å². The highest BCUT2D eigenvalue weighted by Gasteiger charge is 2.33. The average Bonchev–Trinajstić information content (AvgIpc) is 2.53. The minimum absolute atomic E-state index is 0.353. The third kappa shape index (κ3) is 3.25. The summed E-state index contributed by atoms with van der Waals surface area (Å²) in [5.41, 5.74) is 1.95. The molecule has 1 heterocycles. The van der Waals surface area contributed by atoms with Gasteiger partial charge in [-0.2, -0.15) is 0 Å². The molecule has 0 aromatic heterocycles. The normalized spacial score (nSPS) is 28.0. The Morgan fingerprint density at radius 2 is 2.23 bits per heavy atom. The van der Waals surface area contributed by atoms with Crippen molar-refractivity contribution in [2.24, 2.45) is 11.8 Å². The monoisotopic (exact) mass is 305 g/mol. The van der Waals surface area contributed by atoms with Crippen molar-refractivity contribution < 1.29 is 19.7 Å². The van der Waals surface area contributed by atoms with E-state index in [0.29, 0.717) is 25.4 Å². The van der Waals surface area contributed by atoms with E-state index in [0.717, 1.165) is 30.0 Å². The Balaban J connectivity index is 1.71. The number of piperidine rings is 1. The highest BCUT2D eigenvalue weighted by molar-refractivity contribution is 5.72. The molecule has 1 aromatic rings. The number of aliphatic hydroxyl groups is 1. The van der Waals surface area contributed by atoms with Crippen molar-refractivity contribution >= 4 is 5.97 Å². The number of hydrogen-bond donors (Lipinski definition) is 3. The summed E-state index contributed by atoms with van der Waals surface area (Å²) < 4.78 is 5.99. The van der Waals surface area contributed by atoms with E-state index >= 15 is 0 Å². The molecule has 1 fully saturated rings. The van der Waals surface area contributed by atoms with E-state index in [1.165, 1.54) is 12.8 Å². The van der Waals surface area contributed by atoms with Crippen molar-refractivity contribution in [3.05, 3.63) is 29.3 Å². The molecule has 3 unspecified atom stereocenters. The number of fused-ring (bicyclic) bond motifs is 1. The molecule has 5 heteroatoms. The Kier molecular flexibility index (Phi) is 4.64. The smallest absolute Gasteiger partial charge is 0.309 e. The molecule has 0 amide bonds. The van der Waals surface area contributed by atoms with Crippen molar-refractivity contribution in [2.75, 3.05) is 19.7 Å². The van der Waals surface area contributed by atoms with Gasteiger partial charge in [0, 0.05) is 18.9 Å². The summed E-state index contributed by atoms with van der Waals surface area (Å²) in [4.78, 5) is 11.2. The molecule has 0 spiro atoms. The molecule has 1 saturated heterocycles. The lowest BCUT2D eigenvalue weighted by Gasteiger charge is -2.29. The highest BCUT2D eigenvalue weighted by atomic mass is 16.5. The molecule has 1 aliphatic carbocycles. The Bertz CT molecular complexity index is 539. The van der Waals surface area contributed by atoms with Gasteiger partial charge in [-0.25, -0.2) is 0 Å². The van der Waals surface area contributed by atoms with E-state index in [-0.39, 0.29) is 0 Å². The lowest BCUT2D eigenvalue weighted by atomic mass is 9.81. The summed E-state index contributed by atoms with van der Waals surface area (Å²) in [7, 11) is 0. The number of nitrogens with one attached hydrogen (secondary N) is 1. The number of benzene rings is 1. The Morgan fingerprint density at radius 1 is 1.36 bits per heavy atom. The van der Waals surface area contributed by atoms with Crippen LogP contribution in [0.15, 0.2) is 18.2 Å². The molecule has 3 atom stereocenters. The number of carboxylic acids is 1. The van der Waals surface area contributed by atoms with Gasteiger partial charge < -0.3 is 20.3 Å². The maximum atomic E-state index is 11.2. The van der Waals surface area contributed by atoms with Gasteiger partial charge in [0.15, 0.2) is 0 Å². The molecule has 1 aromatic carbocycles. The third-order valence-electron chi connectivity index (χ3n) is 4.74. The van der Waals surface area contributed by atoms with Gasteiger partial charge in [0.05, 0.1) is 18.6 Å². The lowest BCUT2D eigenvalue weighted by Crippen LogP contribution is -2.36. The van der Waals surface area contributed by atoms with Crippen molar-refractivity contribution in [3.63, 3.8) is 0 Å². The zero-order valence-corrected chi connectivity index (χ0v) is 12.6. The summed E-state index contributed by atoms with van der Waals surface area (Å²) in [6, 6.07) is 5.76. The fourth-order valence-corrected chi connectivity index (χ4v) is 3.42. The van der Waals surface area contributed by atoms with Crippen LogP contribution >= 0.6 is 0 Å². The second-order valence-electron chi connectivity index (χ2n) is 6.34. The summed E-state index contributed by atoms with van der Waals surface area (Å²) in [5.74, 6) is -0.334. The van der Waals surface area contributed by atoms with Crippen LogP contribution in [-0.4, -0.2) is 42.0 Å². The molecule has 2 aliphatic rings. The fraction of sp³-hybridized carbons (Fsp3) is 0.588. The van der Waals surface area contributed by atoms with Gasteiger partial charge in [-0.15, -0.1) is 0 Å². The highest BCUT2D eigenvalue weighted by Crippen LogP contribution is 2.33. The van der Waals surface area contributed by atoms with E-state index in [1.54, 1.807) is 0 Å². The molecule has 120 valence electrons. The first-order valence-electron chi connectivity index (χ1n) is 8.00. The van der Waals surface area contributed by atoms with Crippen LogP contribution in [-0.2, 0) is 17.6 Å². The molecule has 3 rings (SSSR count). The lowest BCUT2D eigenvalue weighted by molar-refractivity contribution is -0.146. The van der Waals surface area contributed by atoms with Crippen molar-refractivity contribution in [1.82, 2.24) is 5.32 Å². The number of carboxylic acid groups (broad SMARTS) is 1. The molecule has 22 heavy (non-hydrogen) atoms. The van der Waals surface area contributed by atoms with Crippen LogP contribution in [0, 0.1) is 11.8 Å². The van der Waals surface area contributed by atoms with Gasteiger partial charge in [-0.05, 0) is 43.0 Å². The zero-order chi connectivity index (χ0) is 15.5. The van der Waals surface area contributed by atoms with Crippen LogP contribution < -0.4 is 10.1 Å². The largest absolute Gasteiger partial charge is 0.493 e. The van der Waals surface area contributed by atoms with Gasteiger partial charge in [-0.3, -0.25) is 4.79 Å². The summed E-state index contributed by atoms with van der Waals surface area (Å²) in [6.07, 6.45) is 2.23. The first-order chi connectivity index (χ1) is 10.6. The van der Waals surface area contributed by atoms with Crippen molar-refractivity contribution in [3.8, 4) is 5.75 Å². The van der Waals surface area contributed by atoms with Crippen LogP contribution in [0.4, 0.5) is 0 Å². The predicted octanol–water partition coefficient (Wildman–Crippen LogP) is 1.23. The van der Waals surface area contributed by atoms with E-state index in [9.17, 15) is 15.0 Å². The molecule has 5 nitrogen and oxygen atoms in total. The maximum Gasteiger partial charge on any atom is 0.309 e. The molecular weight excluding hydrogens is 282 g/mol. The molecule has 3 N–H and O–H groups in total. The summed E-state index contributed by atoms with van der Waals surface area (Å²) >= 11 is 0. The second kappa shape index (κ2) is 6.67. The standard InChI is InChI=1S/C17H23NO4/c19-15-8-13-12(7-14(15)17(20)21)4-1-5-16(13)22-10-11-3-2-6-18-9-11/h1,4-5,11,14-15,18-19H,2-3,6-10H2,(H,20,21). The summed E-state index contributed by atoms with van der Waals surface area (Å²) in [6.45, 7) is 2.74. The van der Waals surface area contributed by atoms with Crippen LogP contribution in [0.1, 0.15) is 24.0 Å². The first-order valence-corrected chi connectivity index (χ1v) is 8.00. The Hall–Kier alpha value is -1.59. The molecule has 0 bridgehead atoms. The third-order valence-corrected chi connectivity index (χ3v) is 4.74. The summed E-state index contributed by atoms with van der Waals surface area (Å²) in [5, 5.41) is 22.6. The zero-order valence-electron chi connectivity index (χ0n) is 12.6. The number of rotatable bonds is 4. The Labute approximate surface area is 130 Å². The fourth-order valence-electron chi connectivity index (χ4n) is 3.42. The predicted molar refractivity (Wildman–Crippen MR) is 82.1 cm³/mol. The van der Waals surface area contributed by atoms with Gasteiger partial charge in [-0.1, -0.05) is 12.1 Å². The maximum absolute atomic E-state index is 11.2. The van der Waals surface area contributed by atoms with E-state index in [1.807, 2.05) is 18.2 Å². The van der Waals surface area contributed by atoms with Gasteiger partial charge >= 0.3 is 5.97 Å². The molecule has 1 aliphatic heterocycles. The molecule has 0 saturated carbocycles. The quantitative estimate of drug-likeness (QED) is 0.780. The van der Waals surface area contributed by atoms with Gasteiger partial charge in [0.25, 0.3) is 0 Å². The molecular formula is C17H23NO4. The number of hydrogen-bond acceptors (Lipinski definition) is 4. The number of ether oxygens (including phenoxy) is 1. The van der Waals surface area contributed by atoms with Gasteiger partial charge in [0.1, 0.15) is 5.75 Å². The number of carbonyl (C=O) groups is 1. The number of aliphatic carboxylic acids is 1.